The van der Waals surface area contributed by atoms with E-state index in [1.54, 1.807) is 11.3 Å². The van der Waals surface area contributed by atoms with Crippen molar-refractivity contribution in [2.24, 2.45) is 5.92 Å². The second-order valence-corrected chi connectivity index (χ2v) is 4.98. The van der Waals surface area contributed by atoms with Gasteiger partial charge in [0.2, 0.25) is 0 Å². The largest absolute Gasteiger partial charge is 0.308 e. The lowest BCUT2D eigenvalue weighted by Crippen LogP contribution is -2.31. The van der Waals surface area contributed by atoms with E-state index in [0.29, 0.717) is 6.04 Å². The van der Waals surface area contributed by atoms with Gasteiger partial charge in [0, 0.05) is 18.0 Å². The third-order valence-corrected chi connectivity index (χ3v) is 3.59. The van der Waals surface area contributed by atoms with E-state index in [9.17, 15) is 0 Å². The van der Waals surface area contributed by atoms with Crippen LogP contribution in [0.2, 0.25) is 0 Å². The lowest BCUT2D eigenvalue weighted by Gasteiger charge is -2.19. The quantitative estimate of drug-likeness (QED) is 0.811. The number of hydrogen-bond donors (Lipinski definition) is 1. The fraction of sp³-hybridized carbons (Fsp3) is 0.727. The highest BCUT2D eigenvalue weighted by atomic mass is 32.1. The summed E-state index contributed by atoms with van der Waals surface area (Å²) in [5.74, 6) is 0.731. The number of nitrogens with one attached hydrogen (secondary N) is 1. The Morgan fingerprint density at radius 1 is 1.50 bits per heavy atom. The Hall–Kier alpha value is -0.410. The van der Waals surface area contributed by atoms with Crippen molar-refractivity contribution >= 4 is 11.3 Å². The first-order valence-corrected chi connectivity index (χ1v) is 6.15. The van der Waals surface area contributed by atoms with Gasteiger partial charge in [0.05, 0.1) is 10.7 Å². The predicted molar refractivity (Wildman–Crippen MR) is 62.6 cm³/mol. The minimum atomic E-state index is 0.571. The van der Waals surface area contributed by atoms with Crippen molar-refractivity contribution in [2.45, 2.75) is 46.7 Å². The van der Waals surface area contributed by atoms with Crippen LogP contribution in [-0.4, -0.2) is 11.0 Å². The SMILES string of the molecule is CCC(C)C(C)NCc1csc(C)n1. The Morgan fingerprint density at radius 2 is 2.21 bits per heavy atom. The Bertz CT molecular complexity index is 270. The van der Waals surface area contributed by atoms with E-state index >= 15 is 0 Å². The molecule has 0 aliphatic rings. The van der Waals surface area contributed by atoms with E-state index in [1.807, 2.05) is 6.92 Å². The summed E-state index contributed by atoms with van der Waals surface area (Å²) in [5, 5.41) is 6.79. The fourth-order valence-electron chi connectivity index (χ4n) is 1.31. The highest BCUT2D eigenvalue weighted by molar-refractivity contribution is 7.09. The number of aromatic nitrogens is 1. The molecule has 2 unspecified atom stereocenters. The van der Waals surface area contributed by atoms with Gasteiger partial charge in [-0.05, 0) is 19.8 Å². The zero-order valence-corrected chi connectivity index (χ0v) is 10.3. The van der Waals surface area contributed by atoms with E-state index in [0.717, 1.165) is 17.5 Å². The molecule has 1 rings (SSSR count). The molecular formula is C11H20N2S. The minimum absolute atomic E-state index is 0.571. The summed E-state index contributed by atoms with van der Waals surface area (Å²) >= 11 is 1.72. The molecule has 0 aromatic carbocycles. The molecule has 0 bridgehead atoms. The van der Waals surface area contributed by atoms with Crippen LogP contribution in [0.5, 0.6) is 0 Å². The first kappa shape index (κ1) is 11.7. The van der Waals surface area contributed by atoms with Crippen LogP contribution in [0.3, 0.4) is 0 Å². The maximum atomic E-state index is 4.42. The van der Waals surface area contributed by atoms with Gasteiger partial charge in [-0.3, -0.25) is 0 Å². The van der Waals surface area contributed by atoms with Gasteiger partial charge in [-0.25, -0.2) is 4.98 Å². The Kier molecular flexibility index (Phi) is 4.55. The van der Waals surface area contributed by atoms with Gasteiger partial charge in [-0.2, -0.15) is 0 Å². The number of thiazole rings is 1. The zero-order chi connectivity index (χ0) is 10.6. The third-order valence-electron chi connectivity index (χ3n) is 2.77. The molecule has 0 spiro atoms. The number of nitrogens with zero attached hydrogens (tertiary/aromatic N) is 1. The smallest absolute Gasteiger partial charge is 0.0897 e. The first-order chi connectivity index (χ1) is 6.63. The molecule has 80 valence electrons. The van der Waals surface area contributed by atoms with E-state index in [-0.39, 0.29) is 0 Å². The van der Waals surface area contributed by atoms with Crippen molar-refractivity contribution in [2.75, 3.05) is 0 Å². The van der Waals surface area contributed by atoms with Crippen LogP contribution in [0.1, 0.15) is 37.9 Å². The second-order valence-electron chi connectivity index (χ2n) is 3.91. The summed E-state index contributed by atoms with van der Waals surface area (Å²) < 4.78 is 0. The molecule has 1 aromatic heterocycles. The number of aryl methyl sites for hydroxylation is 1. The molecule has 2 nitrogen and oxygen atoms in total. The molecule has 14 heavy (non-hydrogen) atoms. The Labute approximate surface area is 90.8 Å². The Balaban J connectivity index is 2.33. The van der Waals surface area contributed by atoms with Gasteiger partial charge in [0.25, 0.3) is 0 Å². The lowest BCUT2D eigenvalue weighted by molar-refractivity contribution is 0.388. The van der Waals surface area contributed by atoms with Crippen molar-refractivity contribution in [3.8, 4) is 0 Å². The molecule has 1 aromatic rings. The normalized spacial score (nSPS) is 15.4. The summed E-state index contributed by atoms with van der Waals surface area (Å²) in [4.78, 5) is 4.42. The summed E-state index contributed by atoms with van der Waals surface area (Å²) in [6, 6.07) is 0.571. The molecule has 0 saturated carbocycles. The minimum Gasteiger partial charge on any atom is -0.308 e. The topological polar surface area (TPSA) is 24.9 Å². The molecule has 0 amide bonds. The van der Waals surface area contributed by atoms with E-state index in [2.05, 4.69) is 36.5 Å². The van der Waals surface area contributed by atoms with Gasteiger partial charge in [0.1, 0.15) is 0 Å². The van der Waals surface area contributed by atoms with Crippen LogP contribution in [0.25, 0.3) is 0 Å². The van der Waals surface area contributed by atoms with Crippen LogP contribution in [0, 0.1) is 12.8 Å². The average molecular weight is 212 g/mol. The van der Waals surface area contributed by atoms with Crippen LogP contribution in [0.15, 0.2) is 5.38 Å². The molecule has 0 aliphatic heterocycles. The highest BCUT2D eigenvalue weighted by Crippen LogP contribution is 2.10. The average Bonchev–Trinajstić information content (AvgIpc) is 2.59. The predicted octanol–water partition coefficient (Wildman–Crippen LogP) is 2.98. The van der Waals surface area contributed by atoms with Crippen molar-refractivity contribution in [3.05, 3.63) is 16.1 Å². The maximum absolute atomic E-state index is 4.42. The van der Waals surface area contributed by atoms with Gasteiger partial charge in [-0.15, -0.1) is 11.3 Å². The lowest BCUT2D eigenvalue weighted by atomic mass is 10.0. The maximum Gasteiger partial charge on any atom is 0.0897 e. The molecule has 0 aliphatic carbocycles. The highest BCUT2D eigenvalue weighted by Gasteiger charge is 2.09. The molecular weight excluding hydrogens is 192 g/mol. The number of hydrogen-bond acceptors (Lipinski definition) is 3. The summed E-state index contributed by atoms with van der Waals surface area (Å²) in [5.41, 5.74) is 1.17. The molecule has 0 fully saturated rings. The Morgan fingerprint density at radius 3 is 2.71 bits per heavy atom. The first-order valence-electron chi connectivity index (χ1n) is 5.27. The van der Waals surface area contributed by atoms with E-state index < -0.39 is 0 Å². The van der Waals surface area contributed by atoms with E-state index in [4.69, 9.17) is 0 Å². The van der Waals surface area contributed by atoms with Crippen LogP contribution in [-0.2, 0) is 6.54 Å². The standard InChI is InChI=1S/C11H20N2S/c1-5-8(2)9(3)12-6-11-7-14-10(4)13-11/h7-9,12H,5-6H2,1-4H3. The fourth-order valence-corrected chi connectivity index (χ4v) is 1.92. The van der Waals surface area contributed by atoms with Gasteiger partial charge in [-0.1, -0.05) is 20.3 Å². The van der Waals surface area contributed by atoms with Gasteiger partial charge in [0.15, 0.2) is 0 Å². The molecule has 1 N–H and O–H groups in total. The summed E-state index contributed by atoms with van der Waals surface area (Å²) in [6.07, 6.45) is 1.23. The third kappa shape index (κ3) is 3.39. The van der Waals surface area contributed by atoms with E-state index in [1.165, 1.54) is 12.1 Å². The van der Waals surface area contributed by atoms with Crippen molar-refractivity contribution < 1.29 is 0 Å². The van der Waals surface area contributed by atoms with Gasteiger partial charge >= 0.3 is 0 Å². The number of rotatable bonds is 5. The molecule has 0 radical (unpaired) electrons. The second kappa shape index (κ2) is 5.47. The van der Waals surface area contributed by atoms with Crippen LogP contribution >= 0.6 is 11.3 Å². The van der Waals surface area contributed by atoms with Crippen molar-refractivity contribution in [1.29, 1.82) is 0 Å². The monoisotopic (exact) mass is 212 g/mol. The van der Waals surface area contributed by atoms with Crippen LogP contribution < -0.4 is 5.32 Å². The van der Waals surface area contributed by atoms with Crippen LogP contribution in [0.4, 0.5) is 0 Å². The molecule has 0 saturated heterocycles. The summed E-state index contributed by atoms with van der Waals surface area (Å²) in [6.45, 7) is 9.70. The van der Waals surface area contributed by atoms with Gasteiger partial charge < -0.3 is 5.32 Å². The molecule has 3 heteroatoms. The zero-order valence-electron chi connectivity index (χ0n) is 9.50. The summed E-state index contributed by atoms with van der Waals surface area (Å²) in [7, 11) is 0. The molecule has 1 heterocycles. The van der Waals surface area contributed by atoms with Crippen molar-refractivity contribution in [3.63, 3.8) is 0 Å². The molecule has 2 atom stereocenters. The van der Waals surface area contributed by atoms with Crippen molar-refractivity contribution in [1.82, 2.24) is 10.3 Å².